The zero-order chi connectivity index (χ0) is 14.7. The summed E-state index contributed by atoms with van der Waals surface area (Å²) in [7, 11) is 0. The maximum atomic E-state index is 9.68. The van der Waals surface area contributed by atoms with E-state index in [1.165, 1.54) is 18.2 Å². The molecule has 0 spiro atoms. The Labute approximate surface area is 120 Å². The largest absolute Gasteiger partial charge is 0.504 e. The van der Waals surface area contributed by atoms with Gasteiger partial charge in [0.05, 0.1) is 22.3 Å². The van der Waals surface area contributed by atoms with Gasteiger partial charge in [0.25, 0.3) is 0 Å². The molecule has 0 bridgehead atoms. The van der Waals surface area contributed by atoms with Gasteiger partial charge >= 0.3 is 0 Å². The third kappa shape index (κ3) is 2.71. The summed E-state index contributed by atoms with van der Waals surface area (Å²) in [6, 6.07) is 9.53. The second-order valence-corrected chi connectivity index (χ2v) is 4.51. The van der Waals surface area contributed by atoms with Crippen LogP contribution in [0, 0.1) is 11.3 Å². The lowest BCUT2D eigenvalue weighted by Crippen LogP contribution is -2.00. The van der Waals surface area contributed by atoms with Crippen molar-refractivity contribution in [3.63, 3.8) is 0 Å². The number of halogens is 1. The Kier molecular flexibility index (Phi) is 3.87. The van der Waals surface area contributed by atoms with E-state index in [1.54, 1.807) is 12.1 Å². The smallest absolute Gasteiger partial charge is 0.200 e. The minimum Gasteiger partial charge on any atom is -0.504 e. The molecule has 0 radical (unpaired) electrons. The van der Waals surface area contributed by atoms with Crippen LogP contribution in [0.15, 0.2) is 30.3 Å². The number of phenolic OH excluding ortho intramolecular Hbond substituents is 3. The van der Waals surface area contributed by atoms with Crippen LogP contribution in [-0.2, 0) is 6.54 Å². The molecule has 0 unspecified atom stereocenters. The predicted octanol–water partition coefficient (Wildman–Crippen LogP) is 2.94. The van der Waals surface area contributed by atoms with Gasteiger partial charge in [-0.25, -0.2) is 0 Å². The summed E-state index contributed by atoms with van der Waals surface area (Å²) in [5.41, 5.74) is 1.45. The molecule has 6 heteroatoms. The predicted molar refractivity (Wildman–Crippen MR) is 74.9 cm³/mol. The number of rotatable bonds is 3. The Bertz CT molecular complexity index is 696. The van der Waals surface area contributed by atoms with Gasteiger partial charge in [0.2, 0.25) is 5.75 Å². The quantitative estimate of drug-likeness (QED) is 0.652. The van der Waals surface area contributed by atoms with E-state index < -0.39 is 5.75 Å². The van der Waals surface area contributed by atoms with Crippen LogP contribution in [0.2, 0.25) is 5.02 Å². The standard InChI is InChI=1S/C14H11ClN2O3/c15-10-5-8(6-16)1-3-11(10)17-7-9-2-4-12(18)14(20)13(9)19/h1-5,17-20H,7H2. The molecule has 0 saturated carbocycles. The van der Waals surface area contributed by atoms with Crippen molar-refractivity contribution in [2.24, 2.45) is 0 Å². The summed E-state index contributed by atoms with van der Waals surface area (Å²) in [6.45, 7) is 0.200. The van der Waals surface area contributed by atoms with Gasteiger partial charge in [-0.3, -0.25) is 0 Å². The molecule has 0 aromatic heterocycles. The highest BCUT2D eigenvalue weighted by atomic mass is 35.5. The number of nitriles is 1. The van der Waals surface area contributed by atoms with Gasteiger partial charge in [0.15, 0.2) is 11.5 Å². The zero-order valence-electron chi connectivity index (χ0n) is 10.3. The molecule has 0 heterocycles. The fourth-order valence-electron chi connectivity index (χ4n) is 1.67. The molecule has 2 aromatic rings. The Hall–Kier alpha value is -2.58. The highest BCUT2D eigenvalue weighted by Crippen LogP contribution is 2.37. The van der Waals surface area contributed by atoms with Gasteiger partial charge in [0.1, 0.15) is 0 Å². The highest BCUT2D eigenvalue weighted by Gasteiger charge is 2.11. The SMILES string of the molecule is N#Cc1ccc(NCc2ccc(O)c(O)c2O)c(Cl)c1. The normalized spacial score (nSPS) is 10.0. The van der Waals surface area contributed by atoms with Crippen LogP contribution in [0.4, 0.5) is 5.69 Å². The minimum absolute atomic E-state index is 0.200. The molecule has 0 aliphatic carbocycles. The Balaban J connectivity index is 2.18. The van der Waals surface area contributed by atoms with Crippen molar-refractivity contribution in [3.05, 3.63) is 46.5 Å². The number of nitrogens with zero attached hydrogens (tertiary/aromatic N) is 1. The van der Waals surface area contributed by atoms with E-state index in [0.29, 0.717) is 21.8 Å². The minimum atomic E-state index is -0.560. The Morgan fingerprint density at radius 2 is 1.85 bits per heavy atom. The summed E-state index contributed by atoms with van der Waals surface area (Å²) in [5.74, 6) is -1.33. The second-order valence-electron chi connectivity index (χ2n) is 4.10. The van der Waals surface area contributed by atoms with Gasteiger partial charge in [-0.05, 0) is 30.3 Å². The lowest BCUT2D eigenvalue weighted by Gasteiger charge is -2.11. The summed E-state index contributed by atoms with van der Waals surface area (Å²) in [4.78, 5) is 0. The van der Waals surface area contributed by atoms with E-state index in [-0.39, 0.29) is 18.0 Å². The molecule has 0 aliphatic rings. The number of aromatic hydroxyl groups is 3. The van der Waals surface area contributed by atoms with Gasteiger partial charge in [0, 0.05) is 12.1 Å². The van der Waals surface area contributed by atoms with Gasteiger partial charge < -0.3 is 20.6 Å². The van der Waals surface area contributed by atoms with E-state index in [9.17, 15) is 15.3 Å². The van der Waals surface area contributed by atoms with Crippen molar-refractivity contribution >= 4 is 17.3 Å². The lowest BCUT2D eigenvalue weighted by molar-refractivity contribution is 0.365. The molecule has 0 fully saturated rings. The van der Waals surface area contributed by atoms with Gasteiger partial charge in [-0.2, -0.15) is 5.26 Å². The monoisotopic (exact) mass is 290 g/mol. The molecular weight excluding hydrogens is 280 g/mol. The number of anilines is 1. The zero-order valence-corrected chi connectivity index (χ0v) is 11.0. The highest BCUT2D eigenvalue weighted by molar-refractivity contribution is 6.33. The molecule has 0 amide bonds. The van der Waals surface area contributed by atoms with Gasteiger partial charge in [-0.15, -0.1) is 0 Å². The molecule has 20 heavy (non-hydrogen) atoms. The second kappa shape index (κ2) is 5.59. The van der Waals surface area contributed by atoms with E-state index in [1.807, 2.05) is 6.07 Å². The average molecular weight is 291 g/mol. The van der Waals surface area contributed by atoms with Crippen molar-refractivity contribution in [2.45, 2.75) is 6.54 Å². The molecular formula is C14H11ClN2O3. The first kappa shape index (κ1) is 13.8. The first-order chi connectivity index (χ1) is 9.52. The van der Waals surface area contributed by atoms with Crippen molar-refractivity contribution in [2.75, 3.05) is 5.32 Å². The molecule has 2 rings (SSSR count). The summed E-state index contributed by atoms with van der Waals surface area (Å²) < 4.78 is 0. The van der Waals surface area contributed by atoms with Crippen molar-refractivity contribution in [1.82, 2.24) is 0 Å². The number of benzene rings is 2. The first-order valence-electron chi connectivity index (χ1n) is 5.69. The summed E-state index contributed by atoms with van der Waals surface area (Å²) in [6.07, 6.45) is 0. The first-order valence-corrected chi connectivity index (χ1v) is 6.07. The van der Waals surface area contributed by atoms with Crippen LogP contribution in [0.1, 0.15) is 11.1 Å². The van der Waals surface area contributed by atoms with Crippen molar-refractivity contribution in [3.8, 4) is 23.3 Å². The van der Waals surface area contributed by atoms with E-state index in [4.69, 9.17) is 16.9 Å². The summed E-state index contributed by atoms with van der Waals surface area (Å²) >= 11 is 6.01. The van der Waals surface area contributed by atoms with E-state index >= 15 is 0 Å². The maximum absolute atomic E-state index is 9.68. The fraction of sp³-hybridized carbons (Fsp3) is 0.0714. The van der Waals surface area contributed by atoms with Crippen LogP contribution >= 0.6 is 11.6 Å². The van der Waals surface area contributed by atoms with Crippen molar-refractivity contribution in [1.29, 1.82) is 5.26 Å². The number of phenols is 3. The third-order valence-electron chi connectivity index (χ3n) is 2.78. The number of nitrogens with one attached hydrogen (secondary N) is 1. The van der Waals surface area contributed by atoms with Crippen LogP contribution in [0.25, 0.3) is 0 Å². The maximum Gasteiger partial charge on any atom is 0.200 e. The molecule has 4 N–H and O–H groups in total. The topological polar surface area (TPSA) is 96.5 Å². The third-order valence-corrected chi connectivity index (χ3v) is 3.09. The number of hydrogen-bond donors (Lipinski definition) is 4. The fourth-order valence-corrected chi connectivity index (χ4v) is 1.92. The van der Waals surface area contributed by atoms with Crippen molar-refractivity contribution < 1.29 is 15.3 Å². The average Bonchev–Trinajstić information content (AvgIpc) is 2.45. The summed E-state index contributed by atoms with van der Waals surface area (Å²) in [5, 5.41) is 40.4. The molecule has 0 atom stereocenters. The Morgan fingerprint density at radius 3 is 2.50 bits per heavy atom. The van der Waals surface area contributed by atoms with Gasteiger partial charge in [-0.1, -0.05) is 11.6 Å². The van der Waals surface area contributed by atoms with E-state index in [2.05, 4.69) is 5.32 Å². The molecule has 0 aliphatic heterocycles. The Morgan fingerprint density at radius 1 is 1.10 bits per heavy atom. The lowest BCUT2D eigenvalue weighted by atomic mass is 10.1. The number of hydrogen-bond acceptors (Lipinski definition) is 5. The molecule has 5 nitrogen and oxygen atoms in total. The van der Waals surface area contributed by atoms with Crippen LogP contribution in [-0.4, -0.2) is 15.3 Å². The molecule has 0 saturated heterocycles. The van der Waals surface area contributed by atoms with E-state index in [0.717, 1.165) is 0 Å². The van der Waals surface area contributed by atoms with Crippen LogP contribution in [0.5, 0.6) is 17.2 Å². The molecule has 102 valence electrons. The van der Waals surface area contributed by atoms with Crippen LogP contribution in [0.3, 0.4) is 0 Å². The molecule has 2 aromatic carbocycles. The van der Waals surface area contributed by atoms with Crippen LogP contribution < -0.4 is 5.32 Å².